The predicted molar refractivity (Wildman–Crippen MR) is 48.3 cm³/mol. The fourth-order valence-corrected chi connectivity index (χ4v) is 1.88. The van der Waals surface area contributed by atoms with Gasteiger partial charge in [-0.2, -0.15) is 5.10 Å². The lowest BCUT2D eigenvalue weighted by Gasteiger charge is -2.27. The summed E-state index contributed by atoms with van der Waals surface area (Å²) in [5.74, 6) is 0. The van der Waals surface area contributed by atoms with Gasteiger partial charge in [-0.15, -0.1) is 0 Å². The minimum absolute atomic E-state index is 0.436. The van der Waals surface area contributed by atoms with Gasteiger partial charge >= 0.3 is 0 Å². The topological polar surface area (TPSA) is 29.9 Å². The highest BCUT2D eigenvalue weighted by atomic mass is 35.5. The maximum Gasteiger partial charge on any atom is 0.131 e. The number of nitrogens with zero attached hydrogens (tertiary/aromatic N) is 2. The molecule has 0 radical (unpaired) electrons. The van der Waals surface area contributed by atoms with Crippen molar-refractivity contribution in [3.8, 4) is 0 Å². The van der Waals surface area contributed by atoms with Crippen LogP contribution in [0.3, 0.4) is 0 Å². The van der Waals surface area contributed by atoms with Gasteiger partial charge < -0.3 is 5.32 Å². The zero-order valence-corrected chi connectivity index (χ0v) is 8.02. The lowest BCUT2D eigenvalue weighted by atomic mass is 9.99. The number of nitrogens with one attached hydrogen (secondary N) is 1. The van der Waals surface area contributed by atoms with Gasteiger partial charge in [-0.25, -0.2) is 0 Å². The molecule has 0 amide bonds. The van der Waals surface area contributed by atoms with Crippen molar-refractivity contribution >= 4 is 11.6 Å². The van der Waals surface area contributed by atoms with E-state index in [4.69, 9.17) is 11.6 Å². The van der Waals surface area contributed by atoms with Crippen molar-refractivity contribution in [3.05, 3.63) is 16.4 Å². The molecule has 1 N–H and O–H groups in total. The van der Waals surface area contributed by atoms with Gasteiger partial charge in [0, 0.05) is 18.7 Å². The Balaban J connectivity index is 2.40. The van der Waals surface area contributed by atoms with Gasteiger partial charge in [-0.1, -0.05) is 11.6 Å². The van der Waals surface area contributed by atoms with E-state index in [1.807, 2.05) is 14.0 Å². The molecule has 0 bridgehead atoms. The van der Waals surface area contributed by atoms with Crippen LogP contribution in [0.2, 0.25) is 5.15 Å². The van der Waals surface area contributed by atoms with Crippen LogP contribution in [0.5, 0.6) is 0 Å². The van der Waals surface area contributed by atoms with Gasteiger partial charge in [-0.3, -0.25) is 4.68 Å². The number of aromatic nitrogens is 2. The summed E-state index contributed by atoms with van der Waals surface area (Å²) in [7, 11) is 1.87. The Bertz CT molecular complexity index is 301. The molecule has 1 unspecified atom stereocenters. The minimum atomic E-state index is 0.436. The Labute approximate surface area is 76.7 Å². The van der Waals surface area contributed by atoms with E-state index in [-0.39, 0.29) is 0 Å². The van der Waals surface area contributed by atoms with Crippen LogP contribution in [0.25, 0.3) is 0 Å². The normalized spacial score (nSPS) is 22.4. The molecule has 1 aromatic heterocycles. The number of halogens is 1. The van der Waals surface area contributed by atoms with E-state index < -0.39 is 0 Å². The lowest BCUT2D eigenvalue weighted by molar-refractivity contribution is 0.382. The highest BCUT2D eigenvalue weighted by Crippen LogP contribution is 2.31. The maximum absolute atomic E-state index is 6.08. The molecule has 3 nitrogen and oxygen atoms in total. The molecule has 12 heavy (non-hydrogen) atoms. The summed E-state index contributed by atoms with van der Waals surface area (Å²) in [6.07, 6.45) is 1.17. The third-order valence-electron chi connectivity index (χ3n) is 2.37. The first-order chi connectivity index (χ1) is 5.70. The fourth-order valence-electron chi connectivity index (χ4n) is 1.58. The van der Waals surface area contributed by atoms with E-state index in [9.17, 15) is 0 Å². The fraction of sp³-hybridized carbons (Fsp3) is 0.625. The van der Waals surface area contributed by atoms with Crippen LogP contribution in [0.15, 0.2) is 0 Å². The van der Waals surface area contributed by atoms with Crippen LogP contribution in [-0.4, -0.2) is 16.3 Å². The highest BCUT2D eigenvalue weighted by Gasteiger charge is 2.25. The Morgan fingerprint density at radius 1 is 1.67 bits per heavy atom. The molecule has 1 fully saturated rings. The first kappa shape index (κ1) is 8.08. The second kappa shape index (κ2) is 2.75. The van der Waals surface area contributed by atoms with E-state index >= 15 is 0 Å². The smallest absolute Gasteiger partial charge is 0.131 e. The van der Waals surface area contributed by atoms with Crippen molar-refractivity contribution in [1.29, 1.82) is 0 Å². The van der Waals surface area contributed by atoms with Crippen LogP contribution in [0.1, 0.15) is 23.7 Å². The molecule has 0 aliphatic carbocycles. The Morgan fingerprint density at radius 2 is 2.33 bits per heavy atom. The third-order valence-corrected chi connectivity index (χ3v) is 2.82. The van der Waals surface area contributed by atoms with Gasteiger partial charge in [-0.05, 0) is 19.9 Å². The van der Waals surface area contributed by atoms with Crippen LogP contribution < -0.4 is 5.32 Å². The molecule has 0 saturated carbocycles. The quantitative estimate of drug-likeness (QED) is 0.717. The summed E-state index contributed by atoms with van der Waals surface area (Å²) in [5, 5.41) is 8.35. The summed E-state index contributed by atoms with van der Waals surface area (Å²) >= 11 is 6.08. The van der Waals surface area contributed by atoms with Crippen molar-refractivity contribution < 1.29 is 0 Å². The molecule has 1 aliphatic rings. The number of hydrogen-bond donors (Lipinski definition) is 1. The Morgan fingerprint density at radius 3 is 2.67 bits per heavy atom. The number of rotatable bonds is 1. The molecule has 0 aromatic carbocycles. The third kappa shape index (κ3) is 1.04. The van der Waals surface area contributed by atoms with E-state index in [0.29, 0.717) is 6.04 Å². The lowest BCUT2D eigenvalue weighted by Crippen LogP contribution is -2.35. The highest BCUT2D eigenvalue weighted by molar-refractivity contribution is 6.30. The molecule has 1 atom stereocenters. The zero-order valence-electron chi connectivity index (χ0n) is 7.26. The molecule has 1 aliphatic heterocycles. The first-order valence-corrected chi connectivity index (χ1v) is 4.50. The van der Waals surface area contributed by atoms with Gasteiger partial charge in [0.2, 0.25) is 0 Å². The second-order valence-electron chi connectivity index (χ2n) is 3.21. The molecule has 2 heterocycles. The predicted octanol–water partition coefficient (Wildman–Crippen LogP) is 1.42. The Kier molecular flexibility index (Phi) is 1.85. The standard InChI is InChI=1S/C8H12ClN3/c1-5-7(6-3-4-10-6)8(9)12(2)11-5/h6,10H,3-4H2,1-2H3. The van der Waals surface area contributed by atoms with Crippen molar-refractivity contribution in [2.24, 2.45) is 7.05 Å². The van der Waals surface area contributed by atoms with Crippen molar-refractivity contribution in [1.82, 2.24) is 15.1 Å². The summed E-state index contributed by atoms with van der Waals surface area (Å²) in [5.41, 5.74) is 2.21. The molecule has 1 aromatic rings. The zero-order chi connectivity index (χ0) is 8.72. The summed E-state index contributed by atoms with van der Waals surface area (Å²) in [4.78, 5) is 0. The van der Waals surface area contributed by atoms with Gasteiger partial charge in [0.25, 0.3) is 0 Å². The van der Waals surface area contributed by atoms with E-state index in [1.54, 1.807) is 4.68 Å². The average molecular weight is 186 g/mol. The van der Waals surface area contributed by atoms with Crippen LogP contribution in [0, 0.1) is 6.92 Å². The first-order valence-electron chi connectivity index (χ1n) is 4.12. The van der Waals surface area contributed by atoms with Gasteiger partial charge in [0.1, 0.15) is 5.15 Å². The Hall–Kier alpha value is -0.540. The summed E-state index contributed by atoms with van der Waals surface area (Å²) in [6.45, 7) is 3.09. The maximum atomic E-state index is 6.08. The van der Waals surface area contributed by atoms with Crippen molar-refractivity contribution in [3.63, 3.8) is 0 Å². The van der Waals surface area contributed by atoms with Crippen LogP contribution >= 0.6 is 11.6 Å². The van der Waals surface area contributed by atoms with E-state index in [2.05, 4.69) is 10.4 Å². The second-order valence-corrected chi connectivity index (χ2v) is 3.57. The molecule has 66 valence electrons. The van der Waals surface area contributed by atoms with Crippen LogP contribution in [-0.2, 0) is 7.05 Å². The molecular formula is C8H12ClN3. The monoisotopic (exact) mass is 185 g/mol. The molecule has 4 heteroatoms. The SMILES string of the molecule is Cc1nn(C)c(Cl)c1C1CCN1. The molecular weight excluding hydrogens is 174 g/mol. The summed E-state index contributed by atoms with van der Waals surface area (Å²) in [6, 6.07) is 0.436. The van der Waals surface area contributed by atoms with E-state index in [0.717, 1.165) is 17.4 Å². The minimum Gasteiger partial charge on any atom is -0.310 e. The molecule has 0 spiro atoms. The molecule has 1 saturated heterocycles. The van der Waals surface area contributed by atoms with Gasteiger partial charge in [0.15, 0.2) is 0 Å². The van der Waals surface area contributed by atoms with Gasteiger partial charge in [0.05, 0.1) is 5.69 Å². The van der Waals surface area contributed by atoms with Crippen molar-refractivity contribution in [2.45, 2.75) is 19.4 Å². The van der Waals surface area contributed by atoms with E-state index in [1.165, 1.54) is 12.0 Å². The number of hydrogen-bond acceptors (Lipinski definition) is 2. The average Bonchev–Trinajstić information content (AvgIpc) is 2.13. The van der Waals surface area contributed by atoms with Crippen LogP contribution in [0.4, 0.5) is 0 Å². The molecule has 2 rings (SSSR count). The van der Waals surface area contributed by atoms with Crippen molar-refractivity contribution in [2.75, 3.05) is 6.54 Å². The summed E-state index contributed by atoms with van der Waals surface area (Å²) < 4.78 is 1.73. The largest absolute Gasteiger partial charge is 0.310 e. The number of aryl methyl sites for hydroxylation is 2.